The number of nitrogens with one attached hydrogen (secondary N) is 3. The highest BCUT2D eigenvalue weighted by Gasteiger charge is 2.27. The summed E-state index contributed by atoms with van der Waals surface area (Å²) in [4.78, 5) is 54.4. The van der Waals surface area contributed by atoms with Crippen LogP contribution in [-0.4, -0.2) is 49.1 Å². The van der Waals surface area contributed by atoms with Crippen LogP contribution >= 0.6 is 0 Å². The third-order valence-electron chi connectivity index (χ3n) is 6.86. The Kier molecular flexibility index (Phi) is 14.4. The standard InChI is InChI=1S/C32H43N3O7/c1-2-41-35-30(37)20-9-4-3-8-19-29(36)33-25-15-12-18-27(22-25)40-23-31(38)34-28(21-24-13-6-5-7-14-24)32(39)42-26-16-10-11-17-26/h5-7,12-15,18,22,26,28H,2-4,8-11,16-17,19-21,23H2,1H3,(H,33,36)(H,34,38)(H,35,37)/t28-/m0/s1. The van der Waals surface area contributed by atoms with Crippen LogP contribution in [0.15, 0.2) is 54.6 Å². The fraction of sp³-hybridized carbons (Fsp3) is 0.500. The van der Waals surface area contributed by atoms with Gasteiger partial charge in [0.25, 0.3) is 5.91 Å². The number of benzene rings is 2. The first-order chi connectivity index (χ1) is 20.4. The number of carbonyl (C=O) groups is 4. The first-order valence-corrected chi connectivity index (χ1v) is 14.9. The number of hydrogen-bond acceptors (Lipinski definition) is 7. The third-order valence-corrected chi connectivity index (χ3v) is 6.86. The van der Waals surface area contributed by atoms with Crippen LogP contribution in [0.4, 0.5) is 5.69 Å². The van der Waals surface area contributed by atoms with Crippen molar-refractivity contribution in [2.24, 2.45) is 0 Å². The number of ether oxygens (including phenoxy) is 2. The van der Waals surface area contributed by atoms with Crippen molar-refractivity contribution in [2.45, 2.75) is 89.7 Å². The third kappa shape index (κ3) is 12.7. The van der Waals surface area contributed by atoms with E-state index in [1.165, 1.54) is 0 Å². The number of anilines is 1. The Balaban J connectivity index is 1.40. The van der Waals surface area contributed by atoms with Crippen molar-refractivity contribution in [3.8, 4) is 5.75 Å². The molecule has 0 heterocycles. The average molecular weight is 582 g/mol. The topological polar surface area (TPSA) is 132 Å². The van der Waals surface area contributed by atoms with E-state index >= 15 is 0 Å². The molecule has 228 valence electrons. The van der Waals surface area contributed by atoms with Crippen LogP contribution < -0.4 is 20.9 Å². The van der Waals surface area contributed by atoms with E-state index in [0.717, 1.165) is 50.5 Å². The molecule has 3 rings (SSSR count). The summed E-state index contributed by atoms with van der Waals surface area (Å²) in [7, 11) is 0. The summed E-state index contributed by atoms with van der Waals surface area (Å²) < 4.78 is 11.3. The molecular formula is C32H43N3O7. The SMILES string of the molecule is CCONC(=O)CCCCCCC(=O)Nc1cccc(OCC(=O)N[C@@H](Cc2ccccc2)C(=O)OC2CCCC2)c1. The Morgan fingerprint density at radius 3 is 2.29 bits per heavy atom. The molecule has 0 radical (unpaired) electrons. The number of hydrogen-bond donors (Lipinski definition) is 3. The Bertz CT molecular complexity index is 1140. The molecule has 1 aliphatic carbocycles. The summed E-state index contributed by atoms with van der Waals surface area (Å²) in [5.41, 5.74) is 3.85. The van der Waals surface area contributed by atoms with Crippen molar-refractivity contribution in [1.82, 2.24) is 10.8 Å². The summed E-state index contributed by atoms with van der Waals surface area (Å²) in [5.74, 6) is -0.715. The van der Waals surface area contributed by atoms with E-state index in [-0.39, 0.29) is 24.5 Å². The second-order valence-electron chi connectivity index (χ2n) is 10.4. The van der Waals surface area contributed by atoms with Crippen molar-refractivity contribution in [3.63, 3.8) is 0 Å². The zero-order valence-electron chi connectivity index (χ0n) is 24.4. The van der Waals surface area contributed by atoms with Crippen molar-refractivity contribution >= 4 is 29.4 Å². The largest absolute Gasteiger partial charge is 0.484 e. The number of unbranched alkanes of at least 4 members (excludes halogenated alkanes) is 3. The highest BCUT2D eigenvalue weighted by Crippen LogP contribution is 2.22. The van der Waals surface area contributed by atoms with E-state index in [1.807, 2.05) is 30.3 Å². The lowest BCUT2D eigenvalue weighted by atomic mass is 10.1. The summed E-state index contributed by atoms with van der Waals surface area (Å²) in [6.07, 6.45) is 7.90. The summed E-state index contributed by atoms with van der Waals surface area (Å²) in [6.45, 7) is 1.94. The number of amides is 3. The molecule has 0 aliphatic heterocycles. The van der Waals surface area contributed by atoms with Gasteiger partial charge in [-0.05, 0) is 63.1 Å². The van der Waals surface area contributed by atoms with Crippen molar-refractivity contribution in [3.05, 3.63) is 60.2 Å². The van der Waals surface area contributed by atoms with E-state index in [9.17, 15) is 19.2 Å². The van der Waals surface area contributed by atoms with Gasteiger partial charge < -0.3 is 20.1 Å². The first-order valence-electron chi connectivity index (χ1n) is 14.9. The Hall–Kier alpha value is -3.92. The Morgan fingerprint density at radius 1 is 0.857 bits per heavy atom. The van der Waals surface area contributed by atoms with E-state index in [0.29, 0.717) is 43.7 Å². The highest BCUT2D eigenvalue weighted by molar-refractivity contribution is 5.91. The molecule has 1 aliphatic rings. The second kappa shape index (κ2) is 18.5. The maximum absolute atomic E-state index is 12.9. The lowest BCUT2D eigenvalue weighted by Crippen LogP contribution is -2.46. The molecule has 10 heteroatoms. The molecule has 2 aromatic carbocycles. The van der Waals surface area contributed by atoms with Gasteiger partial charge in [-0.1, -0.05) is 49.2 Å². The molecule has 42 heavy (non-hydrogen) atoms. The molecule has 0 saturated heterocycles. The smallest absolute Gasteiger partial charge is 0.329 e. The molecule has 3 amide bonds. The normalized spacial score (nSPS) is 13.6. The van der Waals surface area contributed by atoms with Gasteiger partial charge in [0.2, 0.25) is 11.8 Å². The molecule has 1 fully saturated rings. The molecule has 10 nitrogen and oxygen atoms in total. The summed E-state index contributed by atoms with van der Waals surface area (Å²) in [6, 6.07) is 15.5. The predicted octanol–water partition coefficient (Wildman–Crippen LogP) is 4.63. The van der Waals surface area contributed by atoms with Crippen LogP contribution in [0.5, 0.6) is 5.75 Å². The van der Waals surface area contributed by atoms with E-state index in [1.54, 1.807) is 31.2 Å². The molecule has 1 atom stereocenters. The fourth-order valence-corrected chi connectivity index (χ4v) is 4.70. The van der Waals surface area contributed by atoms with Crippen LogP contribution in [-0.2, 0) is 35.2 Å². The Labute approximate surface area is 247 Å². The average Bonchev–Trinajstić information content (AvgIpc) is 3.50. The Morgan fingerprint density at radius 2 is 1.57 bits per heavy atom. The highest BCUT2D eigenvalue weighted by atomic mass is 16.6. The van der Waals surface area contributed by atoms with Gasteiger partial charge in [-0.2, -0.15) is 0 Å². The van der Waals surface area contributed by atoms with Gasteiger partial charge in [0.05, 0.1) is 6.61 Å². The zero-order valence-corrected chi connectivity index (χ0v) is 24.4. The molecule has 2 aromatic rings. The molecule has 1 saturated carbocycles. The van der Waals surface area contributed by atoms with Gasteiger partial charge in [-0.15, -0.1) is 0 Å². The van der Waals surface area contributed by atoms with Gasteiger partial charge in [0, 0.05) is 31.0 Å². The first kappa shape index (κ1) is 32.6. The van der Waals surface area contributed by atoms with E-state index in [2.05, 4.69) is 16.1 Å². The van der Waals surface area contributed by atoms with Crippen molar-refractivity contribution in [2.75, 3.05) is 18.5 Å². The number of carbonyl (C=O) groups excluding carboxylic acids is 4. The van der Waals surface area contributed by atoms with Crippen molar-refractivity contribution < 1.29 is 33.5 Å². The molecule has 3 N–H and O–H groups in total. The molecular weight excluding hydrogens is 538 g/mol. The number of rotatable bonds is 18. The van der Waals surface area contributed by atoms with Gasteiger partial charge in [-0.3, -0.25) is 19.2 Å². The lowest BCUT2D eigenvalue weighted by Gasteiger charge is -2.20. The monoisotopic (exact) mass is 581 g/mol. The van der Waals surface area contributed by atoms with Gasteiger partial charge in [-0.25, -0.2) is 10.3 Å². The quantitative estimate of drug-likeness (QED) is 0.133. The fourth-order valence-electron chi connectivity index (χ4n) is 4.70. The van der Waals surface area contributed by atoms with Crippen LogP contribution in [0.2, 0.25) is 0 Å². The van der Waals surface area contributed by atoms with Crippen LogP contribution in [0.25, 0.3) is 0 Å². The minimum atomic E-state index is -0.818. The molecule has 0 spiro atoms. The number of esters is 1. The lowest BCUT2D eigenvalue weighted by molar-refractivity contribution is -0.152. The molecule has 0 unspecified atom stereocenters. The van der Waals surface area contributed by atoms with Crippen LogP contribution in [0.3, 0.4) is 0 Å². The predicted molar refractivity (Wildman–Crippen MR) is 158 cm³/mol. The van der Waals surface area contributed by atoms with E-state index < -0.39 is 17.9 Å². The molecule has 0 bridgehead atoms. The van der Waals surface area contributed by atoms with Crippen molar-refractivity contribution in [1.29, 1.82) is 0 Å². The van der Waals surface area contributed by atoms with Crippen LogP contribution in [0, 0.1) is 0 Å². The minimum Gasteiger partial charge on any atom is -0.484 e. The summed E-state index contributed by atoms with van der Waals surface area (Å²) in [5, 5.41) is 5.62. The molecule has 0 aromatic heterocycles. The minimum absolute atomic E-state index is 0.0963. The van der Waals surface area contributed by atoms with Gasteiger partial charge in [0.1, 0.15) is 17.9 Å². The summed E-state index contributed by atoms with van der Waals surface area (Å²) >= 11 is 0. The zero-order chi connectivity index (χ0) is 30.0. The van der Waals surface area contributed by atoms with Gasteiger partial charge >= 0.3 is 5.97 Å². The number of hydroxylamine groups is 1. The van der Waals surface area contributed by atoms with E-state index in [4.69, 9.17) is 14.3 Å². The van der Waals surface area contributed by atoms with Gasteiger partial charge in [0.15, 0.2) is 6.61 Å². The second-order valence-corrected chi connectivity index (χ2v) is 10.4. The maximum atomic E-state index is 12.9. The van der Waals surface area contributed by atoms with Crippen LogP contribution in [0.1, 0.15) is 76.7 Å². The maximum Gasteiger partial charge on any atom is 0.329 e.